The lowest BCUT2D eigenvalue weighted by molar-refractivity contribution is -0.173. The molecule has 0 spiro atoms. The zero-order valence-electron chi connectivity index (χ0n) is 13.4. The summed E-state index contributed by atoms with van der Waals surface area (Å²) in [6, 6.07) is 0. The van der Waals surface area contributed by atoms with E-state index in [4.69, 9.17) is 4.74 Å². The maximum Gasteiger partial charge on any atom is 0.410 e. The van der Waals surface area contributed by atoms with Gasteiger partial charge in [-0.15, -0.1) is 0 Å². The first-order chi connectivity index (χ1) is 10.1. The normalized spacial score (nSPS) is 32.8. The molecule has 126 valence electrons. The molecule has 0 radical (unpaired) electrons. The standard InChI is InChI=1S/C15H25NO5S/c1-13(2,3)21-12(19)16-7-4-5-14(9-16,11(17)18)15(20)6-8-22-10-15/h20H,4-10H2,1-3H3,(H,17,18). The van der Waals surface area contributed by atoms with E-state index in [9.17, 15) is 19.8 Å². The van der Waals surface area contributed by atoms with Crippen molar-refractivity contribution in [2.24, 2.45) is 5.41 Å². The van der Waals surface area contributed by atoms with Crippen LogP contribution in [0, 0.1) is 5.41 Å². The molecule has 2 saturated heterocycles. The maximum atomic E-state index is 12.3. The Labute approximate surface area is 135 Å². The third kappa shape index (κ3) is 3.20. The number of rotatable bonds is 2. The summed E-state index contributed by atoms with van der Waals surface area (Å²) in [4.78, 5) is 25.7. The van der Waals surface area contributed by atoms with Gasteiger partial charge in [0.05, 0.1) is 5.60 Å². The molecule has 0 aliphatic carbocycles. The van der Waals surface area contributed by atoms with Crippen molar-refractivity contribution in [3.63, 3.8) is 0 Å². The highest BCUT2D eigenvalue weighted by molar-refractivity contribution is 7.99. The molecule has 2 fully saturated rings. The molecule has 2 atom stereocenters. The predicted octanol–water partition coefficient (Wildman–Crippen LogP) is 1.96. The molecular formula is C15H25NO5S. The molecule has 0 saturated carbocycles. The van der Waals surface area contributed by atoms with Crippen LogP contribution in [0.4, 0.5) is 4.79 Å². The van der Waals surface area contributed by atoms with E-state index < -0.39 is 28.7 Å². The van der Waals surface area contributed by atoms with Crippen LogP contribution in [0.1, 0.15) is 40.0 Å². The van der Waals surface area contributed by atoms with Gasteiger partial charge in [-0.3, -0.25) is 4.79 Å². The minimum absolute atomic E-state index is 0.00824. The molecule has 2 heterocycles. The summed E-state index contributed by atoms with van der Waals surface area (Å²) in [6.07, 6.45) is 0.885. The Morgan fingerprint density at radius 1 is 1.27 bits per heavy atom. The van der Waals surface area contributed by atoms with Crippen LogP contribution < -0.4 is 0 Å². The van der Waals surface area contributed by atoms with E-state index in [2.05, 4.69) is 0 Å². The molecule has 1 amide bonds. The number of carboxylic acid groups (broad SMARTS) is 1. The number of carboxylic acids is 1. The Balaban J connectivity index is 2.22. The van der Waals surface area contributed by atoms with Gasteiger partial charge in [-0.1, -0.05) is 0 Å². The van der Waals surface area contributed by atoms with Gasteiger partial charge in [0, 0.05) is 18.8 Å². The summed E-state index contributed by atoms with van der Waals surface area (Å²) in [5, 5.41) is 20.7. The first-order valence-electron chi connectivity index (χ1n) is 7.61. The van der Waals surface area contributed by atoms with Crippen molar-refractivity contribution in [2.45, 2.75) is 51.2 Å². The number of carbonyl (C=O) groups is 2. The van der Waals surface area contributed by atoms with E-state index in [-0.39, 0.29) is 6.54 Å². The molecule has 2 aliphatic heterocycles. The first kappa shape index (κ1) is 17.4. The Kier molecular flexibility index (Phi) is 4.69. The van der Waals surface area contributed by atoms with Crippen LogP contribution in [-0.4, -0.2) is 63.0 Å². The van der Waals surface area contributed by atoms with Gasteiger partial charge in [-0.25, -0.2) is 4.79 Å². The lowest BCUT2D eigenvalue weighted by Gasteiger charge is -2.47. The average molecular weight is 331 g/mol. The fourth-order valence-electron chi connectivity index (χ4n) is 3.22. The van der Waals surface area contributed by atoms with Crippen LogP contribution in [0.15, 0.2) is 0 Å². The monoisotopic (exact) mass is 331 g/mol. The van der Waals surface area contributed by atoms with Crippen LogP contribution in [0.2, 0.25) is 0 Å². The number of nitrogens with zero attached hydrogens (tertiary/aromatic N) is 1. The summed E-state index contributed by atoms with van der Waals surface area (Å²) in [6.45, 7) is 5.81. The second kappa shape index (κ2) is 5.92. The summed E-state index contributed by atoms with van der Waals surface area (Å²) in [5.41, 5.74) is -3.18. The highest BCUT2D eigenvalue weighted by Gasteiger charge is 2.59. The number of carbonyl (C=O) groups excluding carboxylic acids is 1. The molecule has 2 aliphatic rings. The zero-order valence-corrected chi connectivity index (χ0v) is 14.2. The number of hydrogen-bond donors (Lipinski definition) is 2. The lowest BCUT2D eigenvalue weighted by Crippen LogP contribution is -2.62. The van der Waals surface area contributed by atoms with E-state index in [1.165, 1.54) is 4.90 Å². The van der Waals surface area contributed by atoms with Crippen LogP contribution in [0.5, 0.6) is 0 Å². The predicted molar refractivity (Wildman–Crippen MR) is 84.0 cm³/mol. The number of aliphatic hydroxyl groups is 1. The largest absolute Gasteiger partial charge is 0.481 e. The lowest BCUT2D eigenvalue weighted by atomic mass is 9.66. The third-order valence-electron chi connectivity index (χ3n) is 4.45. The van der Waals surface area contributed by atoms with Gasteiger partial charge in [-0.2, -0.15) is 11.8 Å². The van der Waals surface area contributed by atoms with Crippen molar-refractivity contribution in [2.75, 3.05) is 24.6 Å². The zero-order chi connectivity index (χ0) is 16.6. The van der Waals surface area contributed by atoms with Gasteiger partial charge in [0.1, 0.15) is 11.0 Å². The number of likely N-dealkylation sites (tertiary alicyclic amines) is 1. The minimum Gasteiger partial charge on any atom is -0.481 e. The van der Waals surface area contributed by atoms with Crippen molar-refractivity contribution in [1.29, 1.82) is 0 Å². The van der Waals surface area contributed by atoms with E-state index in [0.717, 1.165) is 5.75 Å². The van der Waals surface area contributed by atoms with Gasteiger partial charge in [-0.05, 0) is 45.8 Å². The highest BCUT2D eigenvalue weighted by Crippen LogP contribution is 2.47. The molecule has 6 nitrogen and oxygen atoms in total. The van der Waals surface area contributed by atoms with Gasteiger partial charge in [0.2, 0.25) is 0 Å². The smallest absolute Gasteiger partial charge is 0.410 e. The topological polar surface area (TPSA) is 87.1 Å². The van der Waals surface area contributed by atoms with Crippen molar-refractivity contribution >= 4 is 23.8 Å². The fourth-order valence-corrected chi connectivity index (χ4v) is 4.61. The van der Waals surface area contributed by atoms with Gasteiger partial charge < -0.3 is 19.8 Å². The Morgan fingerprint density at radius 3 is 2.45 bits per heavy atom. The van der Waals surface area contributed by atoms with E-state index >= 15 is 0 Å². The van der Waals surface area contributed by atoms with Gasteiger partial charge in [0.15, 0.2) is 0 Å². The molecule has 2 N–H and O–H groups in total. The summed E-state index contributed by atoms with van der Waals surface area (Å²) >= 11 is 1.56. The average Bonchev–Trinajstić information content (AvgIpc) is 2.85. The van der Waals surface area contributed by atoms with Crippen LogP contribution in [0.3, 0.4) is 0 Å². The third-order valence-corrected chi connectivity index (χ3v) is 5.62. The number of amides is 1. The summed E-state index contributed by atoms with van der Waals surface area (Å²) in [7, 11) is 0. The second-order valence-corrected chi connectivity index (χ2v) is 8.33. The van der Waals surface area contributed by atoms with Crippen molar-refractivity contribution in [1.82, 2.24) is 4.90 Å². The van der Waals surface area contributed by atoms with Crippen LogP contribution >= 0.6 is 11.8 Å². The fraction of sp³-hybridized carbons (Fsp3) is 0.867. The molecule has 22 heavy (non-hydrogen) atoms. The molecular weight excluding hydrogens is 306 g/mol. The number of hydrogen-bond acceptors (Lipinski definition) is 5. The van der Waals surface area contributed by atoms with Crippen molar-refractivity contribution in [3.8, 4) is 0 Å². The summed E-state index contributed by atoms with van der Waals surface area (Å²) in [5.74, 6) is 0.130. The Hall–Kier alpha value is -0.950. The number of piperidine rings is 1. The van der Waals surface area contributed by atoms with E-state index in [1.54, 1.807) is 32.5 Å². The number of aliphatic carboxylic acids is 1. The molecule has 0 bridgehead atoms. The number of ether oxygens (including phenoxy) is 1. The van der Waals surface area contributed by atoms with Crippen LogP contribution in [0.25, 0.3) is 0 Å². The van der Waals surface area contributed by atoms with Gasteiger partial charge in [0.25, 0.3) is 0 Å². The SMILES string of the molecule is CC(C)(C)OC(=O)N1CCCC(C(=O)O)(C2(O)CCSC2)C1. The Bertz CT molecular complexity index is 455. The minimum atomic E-state index is -1.30. The molecule has 0 aromatic rings. The molecule has 0 aromatic heterocycles. The number of thioether (sulfide) groups is 1. The molecule has 7 heteroatoms. The first-order valence-corrected chi connectivity index (χ1v) is 8.77. The molecule has 2 unspecified atom stereocenters. The molecule has 2 rings (SSSR count). The van der Waals surface area contributed by atoms with Gasteiger partial charge >= 0.3 is 12.1 Å². The van der Waals surface area contributed by atoms with Crippen LogP contribution in [-0.2, 0) is 9.53 Å². The van der Waals surface area contributed by atoms with Crippen molar-refractivity contribution < 1.29 is 24.5 Å². The maximum absolute atomic E-state index is 12.3. The quantitative estimate of drug-likeness (QED) is 0.804. The van der Waals surface area contributed by atoms with E-state index in [1.807, 2.05) is 0 Å². The summed E-state index contributed by atoms with van der Waals surface area (Å²) < 4.78 is 5.35. The van der Waals surface area contributed by atoms with Crippen molar-refractivity contribution in [3.05, 3.63) is 0 Å². The highest BCUT2D eigenvalue weighted by atomic mass is 32.2. The van der Waals surface area contributed by atoms with E-state index in [0.29, 0.717) is 31.6 Å². The Morgan fingerprint density at radius 2 is 1.95 bits per heavy atom. The second-order valence-electron chi connectivity index (χ2n) is 7.23. The molecule has 0 aromatic carbocycles.